The lowest BCUT2D eigenvalue weighted by atomic mass is 10.2. The van der Waals surface area contributed by atoms with E-state index in [0.717, 1.165) is 12.1 Å². The van der Waals surface area contributed by atoms with Gasteiger partial charge < -0.3 is 14.6 Å². The molecule has 0 aliphatic heterocycles. The quantitative estimate of drug-likeness (QED) is 0.937. The van der Waals surface area contributed by atoms with Crippen LogP contribution in [0.15, 0.2) is 18.2 Å². The normalized spacial score (nSPS) is 11.4. The molecule has 0 saturated heterocycles. The summed E-state index contributed by atoms with van der Waals surface area (Å²) in [4.78, 5) is 3.98. The highest BCUT2D eigenvalue weighted by Gasteiger charge is 2.32. The third kappa shape index (κ3) is 2.92. The van der Waals surface area contributed by atoms with Crippen molar-refractivity contribution in [3.8, 4) is 28.9 Å². The Morgan fingerprint density at radius 1 is 1.30 bits per heavy atom. The molecule has 1 aromatic heterocycles. The van der Waals surface area contributed by atoms with E-state index < -0.39 is 17.9 Å². The molecule has 2 aromatic rings. The molecule has 0 bridgehead atoms. The van der Waals surface area contributed by atoms with Crippen LogP contribution in [0.2, 0.25) is 0 Å². The zero-order valence-electron chi connectivity index (χ0n) is 10.5. The minimum absolute atomic E-state index is 0.149. The zero-order valence-corrected chi connectivity index (χ0v) is 10.5. The van der Waals surface area contributed by atoms with Crippen molar-refractivity contribution in [3.05, 3.63) is 18.2 Å². The van der Waals surface area contributed by atoms with Gasteiger partial charge in [-0.15, -0.1) is 18.3 Å². The summed E-state index contributed by atoms with van der Waals surface area (Å²) in [6.07, 6.45) is -4.90. The molecule has 9 heteroatoms. The number of ether oxygens (including phenoxy) is 2. The number of methoxy groups -OCH3 is 1. The number of hydrogen-bond donors (Lipinski definition) is 1. The van der Waals surface area contributed by atoms with Crippen molar-refractivity contribution in [2.24, 2.45) is 7.05 Å². The van der Waals surface area contributed by atoms with E-state index >= 15 is 0 Å². The fourth-order valence-electron chi connectivity index (χ4n) is 1.53. The van der Waals surface area contributed by atoms with Gasteiger partial charge in [0.25, 0.3) is 0 Å². The van der Waals surface area contributed by atoms with Crippen LogP contribution in [0.3, 0.4) is 0 Å². The first-order valence-corrected chi connectivity index (χ1v) is 5.34. The van der Waals surface area contributed by atoms with Crippen molar-refractivity contribution in [2.75, 3.05) is 7.11 Å². The van der Waals surface area contributed by atoms with E-state index in [1.54, 1.807) is 7.05 Å². The Morgan fingerprint density at radius 3 is 2.55 bits per heavy atom. The minimum atomic E-state index is -4.90. The molecule has 6 nitrogen and oxygen atoms in total. The van der Waals surface area contributed by atoms with Gasteiger partial charge in [-0.2, -0.15) is 4.98 Å². The van der Waals surface area contributed by atoms with Gasteiger partial charge in [0.1, 0.15) is 0 Å². The maximum atomic E-state index is 12.2. The summed E-state index contributed by atoms with van der Waals surface area (Å²) in [5.74, 6) is -1.20. The molecular weight excluding hydrogens is 279 g/mol. The van der Waals surface area contributed by atoms with E-state index in [0.29, 0.717) is 0 Å². The van der Waals surface area contributed by atoms with Crippen molar-refractivity contribution >= 4 is 0 Å². The fraction of sp³-hybridized carbons (Fsp3) is 0.273. The van der Waals surface area contributed by atoms with Crippen molar-refractivity contribution < 1.29 is 27.8 Å². The lowest BCUT2D eigenvalue weighted by molar-refractivity contribution is -0.275. The minimum Gasteiger partial charge on any atom is -0.504 e. The number of aromatic hydroxyl groups is 1. The number of hydrogen-bond acceptors (Lipinski definition) is 5. The molecular formula is C11H10F3N3O3. The van der Waals surface area contributed by atoms with E-state index in [4.69, 9.17) is 4.74 Å². The second-order valence-electron chi connectivity index (χ2n) is 3.78. The van der Waals surface area contributed by atoms with E-state index in [-0.39, 0.29) is 17.4 Å². The molecule has 0 radical (unpaired) electrons. The number of phenolic OH excluding ortho intramolecular Hbond substituents is 1. The Bertz CT molecular complexity index is 625. The smallest absolute Gasteiger partial charge is 0.504 e. The average Bonchev–Trinajstić information content (AvgIpc) is 2.71. The number of rotatable bonds is 3. The maximum Gasteiger partial charge on any atom is 0.573 e. The van der Waals surface area contributed by atoms with E-state index in [1.807, 2.05) is 0 Å². The molecule has 0 aliphatic rings. The highest BCUT2D eigenvalue weighted by Crippen LogP contribution is 2.34. The van der Waals surface area contributed by atoms with Crippen molar-refractivity contribution in [3.63, 3.8) is 0 Å². The molecule has 0 fully saturated rings. The molecule has 0 saturated carbocycles. The summed E-state index contributed by atoms with van der Waals surface area (Å²) >= 11 is 0. The highest BCUT2D eigenvalue weighted by molar-refractivity contribution is 5.60. The molecule has 0 atom stereocenters. The van der Waals surface area contributed by atoms with Crippen LogP contribution in [-0.4, -0.2) is 33.3 Å². The number of aryl methyl sites for hydroxylation is 1. The Kier molecular flexibility index (Phi) is 3.43. The molecule has 0 spiro atoms. The first-order valence-electron chi connectivity index (χ1n) is 5.34. The standard InChI is InChI=1S/C11H10F3N3O3/c1-17-10(19-2)15-9(16-17)6-3-4-7(18)8(5-6)20-11(12,13)14/h3-5,18H,1-2H3. The van der Waals surface area contributed by atoms with Crippen molar-refractivity contribution in [1.82, 2.24) is 14.8 Å². The second-order valence-corrected chi connectivity index (χ2v) is 3.78. The van der Waals surface area contributed by atoms with Crippen LogP contribution in [0, 0.1) is 0 Å². The van der Waals surface area contributed by atoms with Gasteiger partial charge in [-0.3, -0.25) is 0 Å². The van der Waals surface area contributed by atoms with Gasteiger partial charge in [0.05, 0.1) is 7.11 Å². The van der Waals surface area contributed by atoms with Crippen LogP contribution in [0.5, 0.6) is 17.5 Å². The molecule has 1 heterocycles. The molecule has 2 rings (SSSR count). The van der Waals surface area contributed by atoms with Crippen LogP contribution >= 0.6 is 0 Å². The molecule has 1 aromatic carbocycles. The van der Waals surface area contributed by atoms with E-state index in [9.17, 15) is 18.3 Å². The number of nitrogens with zero attached hydrogens (tertiary/aromatic N) is 3. The molecule has 0 unspecified atom stereocenters. The Balaban J connectivity index is 2.40. The summed E-state index contributed by atoms with van der Waals surface area (Å²) in [5, 5.41) is 13.3. The van der Waals surface area contributed by atoms with Crippen LogP contribution in [0.25, 0.3) is 11.4 Å². The van der Waals surface area contributed by atoms with Gasteiger partial charge >= 0.3 is 12.4 Å². The Hall–Kier alpha value is -2.45. The fourth-order valence-corrected chi connectivity index (χ4v) is 1.53. The van der Waals surface area contributed by atoms with Crippen LogP contribution < -0.4 is 9.47 Å². The van der Waals surface area contributed by atoms with Gasteiger partial charge in [-0.05, 0) is 18.2 Å². The van der Waals surface area contributed by atoms with Gasteiger partial charge in [-0.1, -0.05) is 0 Å². The van der Waals surface area contributed by atoms with Gasteiger partial charge in [-0.25, -0.2) is 4.68 Å². The van der Waals surface area contributed by atoms with Gasteiger partial charge in [0.15, 0.2) is 17.3 Å². The first kappa shape index (κ1) is 14.0. The summed E-state index contributed by atoms with van der Waals surface area (Å²) < 4.78 is 46.5. The predicted molar refractivity (Wildman–Crippen MR) is 61.3 cm³/mol. The third-order valence-electron chi connectivity index (χ3n) is 2.35. The average molecular weight is 289 g/mol. The summed E-state index contributed by atoms with van der Waals surface area (Å²) in [5.41, 5.74) is 0.251. The number of benzene rings is 1. The van der Waals surface area contributed by atoms with Gasteiger partial charge in [0, 0.05) is 12.6 Å². The summed E-state index contributed by atoms with van der Waals surface area (Å²) in [7, 11) is 2.96. The second kappa shape index (κ2) is 4.91. The molecule has 1 N–H and O–H groups in total. The molecule has 20 heavy (non-hydrogen) atoms. The maximum absolute atomic E-state index is 12.2. The monoisotopic (exact) mass is 289 g/mol. The number of halogens is 3. The number of phenols is 1. The largest absolute Gasteiger partial charge is 0.573 e. The first-order chi connectivity index (χ1) is 9.30. The molecule has 108 valence electrons. The van der Waals surface area contributed by atoms with E-state index in [2.05, 4.69) is 14.8 Å². The molecule has 0 aliphatic carbocycles. The summed E-state index contributed by atoms with van der Waals surface area (Å²) in [6.45, 7) is 0. The predicted octanol–water partition coefficient (Wildman–Crippen LogP) is 2.09. The van der Waals surface area contributed by atoms with Crippen LogP contribution in [-0.2, 0) is 7.05 Å². The number of alkyl halides is 3. The lowest BCUT2D eigenvalue weighted by Gasteiger charge is -2.10. The van der Waals surface area contributed by atoms with E-state index in [1.165, 1.54) is 17.9 Å². The zero-order chi connectivity index (χ0) is 14.9. The van der Waals surface area contributed by atoms with Crippen LogP contribution in [0.1, 0.15) is 0 Å². The molecule has 0 amide bonds. The topological polar surface area (TPSA) is 69.4 Å². The Labute approximate surface area is 111 Å². The van der Waals surface area contributed by atoms with Crippen molar-refractivity contribution in [2.45, 2.75) is 6.36 Å². The van der Waals surface area contributed by atoms with Crippen LogP contribution in [0.4, 0.5) is 13.2 Å². The third-order valence-corrected chi connectivity index (χ3v) is 2.35. The lowest BCUT2D eigenvalue weighted by Crippen LogP contribution is -2.17. The SMILES string of the molecule is COc1nc(-c2ccc(O)c(OC(F)(F)F)c2)nn1C. The van der Waals surface area contributed by atoms with Crippen molar-refractivity contribution in [1.29, 1.82) is 0 Å². The number of aromatic nitrogens is 3. The highest BCUT2D eigenvalue weighted by atomic mass is 19.4. The summed E-state index contributed by atoms with van der Waals surface area (Å²) in [6, 6.07) is 3.64. The van der Waals surface area contributed by atoms with Gasteiger partial charge in [0.2, 0.25) is 0 Å². The Morgan fingerprint density at radius 2 is 2.00 bits per heavy atom.